The van der Waals surface area contributed by atoms with Crippen LogP contribution >= 0.6 is 11.6 Å². The maximum Gasteiger partial charge on any atom is 0.434 e. The number of alkyl halides is 3. The molecule has 0 spiro atoms. The van der Waals surface area contributed by atoms with Gasteiger partial charge in [0.15, 0.2) is 5.69 Å². The number of nitrogens with zero attached hydrogens (tertiary/aromatic N) is 5. The van der Waals surface area contributed by atoms with Crippen LogP contribution < -0.4 is 0 Å². The molecule has 0 N–H and O–H groups in total. The number of aryl methyl sites for hydroxylation is 3. The zero-order valence-electron chi connectivity index (χ0n) is 16.3. The first-order chi connectivity index (χ1) is 13.5. The van der Waals surface area contributed by atoms with E-state index in [1.54, 1.807) is 26.1 Å². The summed E-state index contributed by atoms with van der Waals surface area (Å²) in [6, 6.07) is 6.40. The lowest BCUT2D eigenvalue weighted by Crippen LogP contribution is -2.29. The SMILES string of the molecule is Cc1ccc(-n2ncc(C(=O)N(C)Cc3c(C)nn(C)c3Cl)c2C(F)(F)F)cc1. The third kappa shape index (κ3) is 4.00. The van der Waals surface area contributed by atoms with E-state index < -0.39 is 23.3 Å². The van der Waals surface area contributed by atoms with Gasteiger partial charge in [-0.25, -0.2) is 4.68 Å². The summed E-state index contributed by atoms with van der Waals surface area (Å²) >= 11 is 6.18. The molecule has 1 aromatic carbocycles. The highest BCUT2D eigenvalue weighted by atomic mass is 35.5. The molecule has 0 radical (unpaired) electrons. The number of rotatable bonds is 4. The summed E-state index contributed by atoms with van der Waals surface area (Å²) in [7, 11) is 3.06. The number of hydrogen-bond donors (Lipinski definition) is 0. The average molecular weight is 426 g/mol. The molecule has 0 saturated heterocycles. The lowest BCUT2D eigenvalue weighted by atomic mass is 10.1. The topological polar surface area (TPSA) is 56.0 Å². The quantitative estimate of drug-likeness (QED) is 0.630. The largest absolute Gasteiger partial charge is 0.434 e. The van der Waals surface area contributed by atoms with Gasteiger partial charge in [0.05, 0.1) is 29.7 Å². The molecule has 6 nitrogen and oxygen atoms in total. The van der Waals surface area contributed by atoms with Gasteiger partial charge in [0.1, 0.15) is 5.15 Å². The fraction of sp³-hybridized carbons (Fsp3) is 0.316. The van der Waals surface area contributed by atoms with Crippen molar-refractivity contribution in [1.82, 2.24) is 24.5 Å². The summed E-state index contributed by atoms with van der Waals surface area (Å²) in [6.07, 6.45) is -3.83. The van der Waals surface area contributed by atoms with Gasteiger partial charge in [-0.1, -0.05) is 29.3 Å². The van der Waals surface area contributed by atoms with Crippen molar-refractivity contribution in [1.29, 1.82) is 0 Å². The first-order valence-electron chi connectivity index (χ1n) is 8.66. The molecule has 154 valence electrons. The predicted octanol–water partition coefficient (Wildman–Crippen LogP) is 4.17. The van der Waals surface area contributed by atoms with E-state index in [4.69, 9.17) is 11.6 Å². The van der Waals surface area contributed by atoms with E-state index >= 15 is 0 Å². The molecule has 0 unspecified atom stereocenters. The molecule has 3 aromatic rings. The minimum Gasteiger partial charge on any atom is -0.337 e. The van der Waals surface area contributed by atoms with E-state index in [1.807, 2.05) is 6.92 Å². The number of aromatic nitrogens is 4. The smallest absolute Gasteiger partial charge is 0.337 e. The normalized spacial score (nSPS) is 11.7. The van der Waals surface area contributed by atoms with Crippen molar-refractivity contribution in [2.45, 2.75) is 26.6 Å². The zero-order chi connectivity index (χ0) is 21.5. The third-order valence-electron chi connectivity index (χ3n) is 4.56. The molecule has 0 atom stereocenters. The van der Waals surface area contributed by atoms with Gasteiger partial charge in [0.2, 0.25) is 0 Å². The van der Waals surface area contributed by atoms with Crippen molar-refractivity contribution in [3.63, 3.8) is 0 Å². The number of carbonyl (C=O) groups is 1. The highest BCUT2D eigenvalue weighted by Crippen LogP contribution is 2.34. The van der Waals surface area contributed by atoms with Crippen molar-refractivity contribution in [3.8, 4) is 5.69 Å². The van der Waals surface area contributed by atoms with E-state index in [0.717, 1.165) is 16.4 Å². The van der Waals surface area contributed by atoms with Crippen LogP contribution in [0.3, 0.4) is 0 Å². The number of carbonyl (C=O) groups excluding carboxylic acids is 1. The second-order valence-electron chi connectivity index (χ2n) is 6.79. The van der Waals surface area contributed by atoms with Crippen LogP contribution in [0.5, 0.6) is 0 Å². The van der Waals surface area contributed by atoms with Crippen molar-refractivity contribution < 1.29 is 18.0 Å². The Kier molecular flexibility index (Phi) is 5.44. The lowest BCUT2D eigenvalue weighted by molar-refractivity contribution is -0.143. The molecule has 0 bridgehead atoms. The Morgan fingerprint density at radius 2 is 1.83 bits per heavy atom. The molecule has 1 amide bonds. The Morgan fingerprint density at radius 1 is 1.21 bits per heavy atom. The third-order valence-corrected chi connectivity index (χ3v) is 5.03. The van der Waals surface area contributed by atoms with E-state index in [1.165, 1.54) is 28.8 Å². The highest BCUT2D eigenvalue weighted by molar-refractivity contribution is 6.30. The number of hydrogen-bond acceptors (Lipinski definition) is 3. The van der Waals surface area contributed by atoms with Gasteiger partial charge in [0.25, 0.3) is 5.91 Å². The van der Waals surface area contributed by atoms with Crippen LogP contribution in [0, 0.1) is 13.8 Å². The lowest BCUT2D eigenvalue weighted by Gasteiger charge is -2.18. The van der Waals surface area contributed by atoms with Crippen LogP contribution in [-0.4, -0.2) is 37.4 Å². The second kappa shape index (κ2) is 7.55. The molecular formula is C19H19ClF3N5O. The van der Waals surface area contributed by atoms with Gasteiger partial charge in [-0.15, -0.1) is 0 Å². The van der Waals surface area contributed by atoms with E-state index in [2.05, 4.69) is 10.2 Å². The molecule has 0 aliphatic rings. The summed E-state index contributed by atoms with van der Waals surface area (Å²) in [6.45, 7) is 3.56. The number of amides is 1. The number of halogens is 4. The van der Waals surface area contributed by atoms with Gasteiger partial charge in [-0.3, -0.25) is 9.48 Å². The van der Waals surface area contributed by atoms with Crippen molar-refractivity contribution in [2.24, 2.45) is 7.05 Å². The summed E-state index contributed by atoms with van der Waals surface area (Å²) < 4.78 is 43.7. The number of benzene rings is 1. The summed E-state index contributed by atoms with van der Waals surface area (Å²) in [5.74, 6) is -0.810. The summed E-state index contributed by atoms with van der Waals surface area (Å²) in [4.78, 5) is 14.0. The van der Waals surface area contributed by atoms with Gasteiger partial charge in [-0.2, -0.15) is 23.4 Å². The summed E-state index contributed by atoms with van der Waals surface area (Å²) in [5.41, 5.74) is 0.642. The van der Waals surface area contributed by atoms with Gasteiger partial charge in [-0.05, 0) is 26.0 Å². The molecule has 0 saturated carbocycles. The minimum atomic E-state index is -4.77. The van der Waals surface area contributed by atoms with Crippen molar-refractivity contribution in [3.05, 3.63) is 63.7 Å². The predicted molar refractivity (Wildman–Crippen MR) is 102 cm³/mol. The molecule has 3 rings (SSSR count). The van der Waals surface area contributed by atoms with Gasteiger partial charge in [0, 0.05) is 19.7 Å². The Balaban J connectivity index is 1.99. The Labute approximate surface area is 170 Å². The van der Waals surface area contributed by atoms with Gasteiger partial charge >= 0.3 is 6.18 Å². The van der Waals surface area contributed by atoms with Crippen LogP contribution in [0.4, 0.5) is 13.2 Å². The fourth-order valence-electron chi connectivity index (χ4n) is 3.03. The first kappa shape index (κ1) is 20.9. The molecule has 2 aromatic heterocycles. The Morgan fingerprint density at radius 3 is 2.34 bits per heavy atom. The monoisotopic (exact) mass is 425 g/mol. The minimum absolute atomic E-state index is 0.0182. The highest BCUT2D eigenvalue weighted by Gasteiger charge is 2.41. The van der Waals surface area contributed by atoms with Crippen LogP contribution in [0.25, 0.3) is 5.69 Å². The van der Waals surface area contributed by atoms with E-state index in [-0.39, 0.29) is 12.2 Å². The average Bonchev–Trinajstić information content (AvgIpc) is 3.19. The Hall–Kier alpha value is -2.81. The van der Waals surface area contributed by atoms with Crippen LogP contribution in [0.1, 0.15) is 32.9 Å². The van der Waals surface area contributed by atoms with Crippen molar-refractivity contribution in [2.75, 3.05) is 7.05 Å². The second-order valence-corrected chi connectivity index (χ2v) is 7.15. The molecular weight excluding hydrogens is 407 g/mol. The maximum atomic E-state index is 13.8. The zero-order valence-corrected chi connectivity index (χ0v) is 17.0. The molecule has 29 heavy (non-hydrogen) atoms. The Bertz CT molecular complexity index is 1050. The first-order valence-corrected chi connectivity index (χ1v) is 9.04. The van der Waals surface area contributed by atoms with Gasteiger partial charge < -0.3 is 4.90 Å². The van der Waals surface area contributed by atoms with E-state index in [9.17, 15) is 18.0 Å². The van der Waals surface area contributed by atoms with Crippen LogP contribution in [0.15, 0.2) is 30.5 Å². The molecule has 0 aliphatic heterocycles. The fourth-order valence-corrected chi connectivity index (χ4v) is 3.26. The molecule has 0 aliphatic carbocycles. The van der Waals surface area contributed by atoms with Crippen LogP contribution in [0.2, 0.25) is 5.15 Å². The molecule has 0 fully saturated rings. The summed E-state index contributed by atoms with van der Waals surface area (Å²) in [5, 5.41) is 8.32. The standard InChI is InChI=1S/C19H19ClF3N5O/c1-11-5-7-13(8-6-11)28-16(19(21,22)23)14(9-24-28)18(29)26(3)10-15-12(2)25-27(4)17(15)20/h5-9H,10H2,1-4H3. The van der Waals surface area contributed by atoms with E-state index in [0.29, 0.717) is 16.4 Å². The molecule has 2 heterocycles. The van der Waals surface area contributed by atoms with Crippen molar-refractivity contribution >= 4 is 17.5 Å². The molecule has 10 heteroatoms. The van der Waals surface area contributed by atoms with Crippen LogP contribution in [-0.2, 0) is 19.8 Å². The maximum absolute atomic E-state index is 13.8.